The second-order valence-electron chi connectivity index (χ2n) is 4.38. The van der Waals surface area contributed by atoms with Gasteiger partial charge in [-0.1, -0.05) is 30.3 Å². The molecule has 2 atom stereocenters. The molecule has 96 valence electrons. The third-order valence-electron chi connectivity index (χ3n) is 2.99. The quantitative estimate of drug-likeness (QED) is 0.701. The van der Waals surface area contributed by atoms with E-state index in [4.69, 9.17) is 0 Å². The van der Waals surface area contributed by atoms with Crippen LogP contribution in [-0.2, 0) is 9.59 Å². The highest BCUT2D eigenvalue weighted by Gasteiger charge is 2.24. The molecule has 1 fully saturated rings. The summed E-state index contributed by atoms with van der Waals surface area (Å²) in [6.07, 6.45) is 0. The van der Waals surface area contributed by atoms with Gasteiger partial charge in [-0.15, -0.1) is 0 Å². The summed E-state index contributed by atoms with van der Waals surface area (Å²) in [4.78, 5) is 22.9. The maximum atomic E-state index is 12.0. The van der Waals surface area contributed by atoms with Crippen molar-refractivity contribution in [3.05, 3.63) is 35.9 Å². The minimum Gasteiger partial charge on any atom is -0.353 e. The first-order valence-electron chi connectivity index (χ1n) is 6.02. The van der Waals surface area contributed by atoms with Crippen LogP contribution in [0.5, 0.6) is 0 Å². The highest BCUT2D eigenvalue weighted by atomic mass is 16.2. The van der Waals surface area contributed by atoms with Crippen LogP contribution >= 0.6 is 0 Å². The molecule has 2 rings (SSSR count). The normalized spacial score (nSPS) is 20.9. The summed E-state index contributed by atoms with van der Waals surface area (Å²) in [6.45, 7) is 2.47. The Hall–Kier alpha value is -1.88. The van der Waals surface area contributed by atoms with Crippen molar-refractivity contribution in [2.24, 2.45) is 0 Å². The van der Waals surface area contributed by atoms with Gasteiger partial charge in [-0.05, 0) is 12.5 Å². The monoisotopic (exact) mass is 247 g/mol. The van der Waals surface area contributed by atoms with Crippen LogP contribution in [-0.4, -0.2) is 30.9 Å². The van der Waals surface area contributed by atoms with Gasteiger partial charge in [-0.2, -0.15) is 0 Å². The van der Waals surface area contributed by atoms with Crippen LogP contribution in [0.2, 0.25) is 0 Å². The van der Waals surface area contributed by atoms with Gasteiger partial charge in [0.05, 0.1) is 12.6 Å². The van der Waals surface area contributed by atoms with Crippen LogP contribution in [0.15, 0.2) is 30.3 Å². The van der Waals surface area contributed by atoms with E-state index in [-0.39, 0.29) is 30.4 Å². The lowest BCUT2D eigenvalue weighted by Crippen LogP contribution is -2.58. The van der Waals surface area contributed by atoms with Crippen molar-refractivity contribution in [1.29, 1.82) is 0 Å². The maximum Gasteiger partial charge on any atom is 0.239 e. The lowest BCUT2D eigenvalue weighted by atomic mass is 10.1. The van der Waals surface area contributed by atoms with Gasteiger partial charge in [0.15, 0.2) is 0 Å². The van der Waals surface area contributed by atoms with E-state index < -0.39 is 0 Å². The number of carbonyl (C=O) groups excluding carboxylic acids is 2. The number of carbonyl (C=O) groups is 2. The molecule has 0 spiro atoms. The van der Waals surface area contributed by atoms with Crippen LogP contribution in [0.25, 0.3) is 0 Å². The molecule has 5 heteroatoms. The van der Waals surface area contributed by atoms with Crippen molar-refractivity contribution >= 4 is 11.8 Å². The zero-order valence-electron chi connectivity index (χ0n) is 10.3. The first-order valence-corrected chi connectivity index (χ1v) is 6.02. The third-order valence-corrected chi connectivity index (χ3v) is 2.99. The summed E-state index contributed by atoms with van der Waals surface area (Å²) >= 11 is 0. The Balaban J connectivity index is 1.89. The summed E-state index contributed by atoms with van der Waals surface area (Å²) in [5.74, 6) is -0.165. The number of hydrogen-bond acceptors (Lipinski definition) is 3. The summed E-state index contributed by atoms with van der Waals surface area (Å²) < 4.78 is 0. The molecule has 0 aromatic heterocycles. The number of hydrogen-bond donors (Lipinski definition) is 3. The van der Waals surface area contributed by atoms with E-state index in [1.54, 1.807) is 0 Å². The molecule has 3 N–H and O–H groups in total. The third kappa shape index (κ3) is 3.07. The van der Waals surface area contributed by atoms with E-state index in [9.17, 15) is 9.59 Å². The van der Waals surface area contributed by atoms with Gasteiger partial charge in [-0.25, -0.2) is 0 Å². The van der Waals surface area contributed by atoms with Crippen molar-refractivity contribution in [3.63, 3.8) is 0 Å². The van der Waals surface area contributed by atoms with Crippen molar-refractivity contribution in [1.82, 2.24) is 16.0 Å². The van der Waals surface area contributed by atoms with Crippen molar-refractivity contribution in [2.75, 3.05) is 13.1 Å². The van der Waals surface area contributed by atoms with Crippen LogP contribution in [0.3, 0.4) is 0 Å². The maximum absolute atomic E-state index is 12.0. The average molecular weight is 247 g/mol. The van der Waals surface area contributed by atoms with Crippen molar-refractivity contribution < 1.29 is 9.59 Å². The molecule has 1 heterocycles. The van der Waals surface area contributed by atoms with Crippen LogP contribution in [0.4, 0.5) is 0 Å². The molecule has 2 unspecified atom stereocenters. The van der Waals surface area contributed by atoms with Crippen molar-refractivity contribution in [3.8, 4) is 0 Å². The van der Waals surface area contributed by atoms with Crippen LogP contribution in [0, 0.1) is 0 Å². The first kappa shape index (κ1) is 12.6. The van der Waals surface area contributed by atoms with E-state index in [0.717, 1.165) is 5.56 Å². The molecule has 5 nitrogen and oxygen atoms in total. The Bertz CT molecular complexity index is 423. The number of piperazine rings is 1. The first-order chi connectivity index (χ1) is 8.66. The topological polar surface area (TPSA) is 70.2 Å². The zero-order valence-corrected chi connectivity index (χ0v) is 10.3. The van der Waals surface area contributed by atoms with E-state index in [1.807, 2.05) is 37.3 Å². The fourth-order valence-electron chi connectivity index (χ4n) is 1.89. The molecule has 0 saturated carbocycles. The minimum atomic E-state index is -0.353. The Morgan fingerprint density at radius 2 is 2.11 bits per heavy atom. The predicted octanol–water partition coefficient (Wildman–Crippen LogP) is -0.0482. The average Bonchev–Trinajstić information content (AvgIpc) is 2.40. The van der Waals surface area contributed by atoms with Gasteiger partial charge < -0.3 is 10.6 Å². The van der Waals surface area contributed by atoms with Gasteiger partial charge in [0.25, 0.3) is 0 Å². The molecule has 18 heavy (non-hydrogen) atoms. The Labute approximate surface area is 106 Å². The van der Waals surface area contributed by atoms with Gasteiger partial charge in [-0.3, -0.25) is 14.9 Å². The molecule has 1 aliphatic heterocycles. The van der Waals surface area contributed by atoms with Crippen LogP contribution < -0.4 is 16.0 Å². The molecule has 0 aliphatic carbocycles. The van der Waals surface area contributed by atoms with Crippen molar-refractivity contribution in [2.45, 2.75) is 19.0 Å². The number of rotatable bonds is 3. The summed E-state index contributed by atoms with van der Waals surface area (Å²) in [7, 11) is 0. The van der Waals surface area contributed by atoms with Gasteiger partial charge in [0.2, 0.25) is 11.8 Å². The summed E-state index contributed by atoms with van der Waals surface area (Å²) in [5, 5.41) is 8.49. The second kappa shape index (κ2) is 5.64. The Morgan fingerprint density at radius 1 is 1.39 bits per heavy atom. The highest BCUT2D eigenvalue weighted by Crippen LogP contribution is 2.11. The minimum absolute atomic E-state index is 0.0434. The molecule has 1 aromatic carbocycles. The number of amides is 2. The van der Waals surface area contributed by atoms with E-state index >= 15 is 0 Å². The lowest BCUT2D eigenvalue weighted by Gasteiger charge is -2.25. The van der Waals surface area contributed by atoms with Gasteiger partial charge in [0.1, 0.15) is 6.04 Å². The van der Waals surface area contributed by atoms with E-state index in [1.165, 1.54) is 0 Å². The van der Waals surface area contributed by atoms with Crippen LogP contribution in [0.1, 0.15) is 18.5 Å². The summed E-state index contributed by atoms with van der Waals surface area (Å²) in [6, 6.07) is 9.37. The molecule has 1 aromatic rings. The molecule has 1 aliphatic rings. The largest absolute Gasteiger partial charge is 0.353 e. The second-order valence-corrected chi connectivity index (χ2v) is 4.38. The molecule has 0 radical (unpaired) electrons. The molecule has 1 saturated heterocycles. The molecule has 0 bridgehead atoms. The SMILES string of the molecule is CC(NC(=O)C1CNC(=O)CN1)c1ccccc1. The fourth-order valence-corrected chi connectivity index (χ4v) is 1.89. The van der Waals surface area contributed by atoms with E-state index in [2.05, 4.69) is 16.0 Å². The smallest absolute Gasteiger partial charge is 0.239 e. The fraction of sp³-hybridized carbons (Fsp3) is 0.385. The predicted molar refractivity (Wildman–Crippen MR) is 67.8 cm³/mol. The lowest BCUT2D eigenvalue weighted by molar-refractivity contribution is -0.127. The van der Waals surface area contributed by atoms with E-state index in [0.29, 0.717) is 6.54 Å². The zero-order chi connectivity index (χ0) is 13.0. The number of benzene rings is 1. The molecule has 2 amide bonds. The summed E-state index contributed by atoms with van der Waals surface area (Å²) in [5.41, 5.74) is 1.06. The highest BCUT2D eigenvalue weighted by molar-refractivity contribution is 5.86. The number of nitrogens with one attached hydrogen (secondary N) is 3. The Morgan fingerprint density at radius 3 is 2.72 bits per heavy atom. The molecular weight excluding hydrogens is 230 g/mol. The molecular formula is C13H17N3O2. The van der Waals surface area contributed by atoms with Gasteiger partial charge in [0, 0.05) is 6.54 Å². The van der Waals surface area contributed by atoms with Gasteiger partial charge >= 0.3 is 0 Å². The Kier molecular flexibility index (Phi) is 3.94. The standard InChI is InChI=1S/C13H17N3O2/c1-9(10-5-3-2-4-6-10)16-13(18)11-7-15-12(17)8-14-11/h2-6,9,11,14H,7-8H2,1H3,(H,15,17)(H,16,18).